The standard InChI is InChI=1S/C22H21N3O4/c1-3-12-25-21(27)18(24-22(25)28)13-16-6-4-5-7-19(16)29-14-20(26)23-17-10-8-15(2)9-11-17/h3-11,13H,1,12,14H2,2H3,(H,23,26)(H,24,28)/b18-13+. The predicted molar refractivity (Wildman–Crippen MR) is 110 cm³/mol. The highest BCUT2D eigenvalue weighted by Gasteiger charge is 2.32. The van der Waals surface area contributed by atoms with Crippen LogP contribution in [0.4, 0.5) is 10.5 Å². The van der Waals surface area contributed by atoms with E-state index in [2.05, 4.69) is 17.2 Å². The first kappa shape index (κ1) is 19.9. The largest absolute Gasteiger partial charge is 0.483 e. The minimum absolute atomic E-state index is 0.124. The fraction of sp³-hybridized carbons (Fsp3) is 0.136. The second-order valence-corrected chi connectivity index (χ2v) is 6.43. The van der Waals surface area contributed by atoms with Crippen molar-refractivity contribution in [3.63, 3.8) is 0 Å². The number of carbonyl (C=O) groups excluding carboxylic acids is 3. The van der Waals surface area contributed by atoms with Crippen LogP contribution < -0.4 is 15.4 Å². The number of aryl methyl sites for hydroxylation is 1. The van der Waals surface area contributed by atoms with Crippen LogP contribution in [0.3, 0.4) is 0 Å². The molecule has 0 atom stereocenters. The first-order chi connectivity index (χ1) is 14.0. The summed E-state index contributed by atoms with van der Waals surface area (Å²) < 4.78 is 5.63. The van der Waals surface area contributed by atoms with Gasteiger partial charge in [-0.1, -0.05) is 42.0 Å². The molecule has 2 aromatic carbocycles. The van der Waals surface area contributed by atoms with E-state index >= 15 is 0 Å². The van der Waals surface area contributed by atoms with Gasteiger partial charge in [-0.05, 0) is 31.2 Å². The average Bonchev–Trinajstić information content (AvgIpc) is 2.97. The zero-order valence-corrected chi connectivity index (χ0v) is 16.0. The summed E-state index contributed by atoms with van der Waals surface area (Å²) in [6.45, 7) is 5.43. The lowest BCUT2D eigenvalue weighted by molar-refractivity contribution is -0.122. The highest BCUT2D eigenvalue weighted by Crippen LogP contribution is 2.23. The second-order valence-electron chi connectivity index (χ2n) is 6.43. The molecule has 2 aromatic rings. The molecule has 0 spiro atoms. The van der Waals surface area contributed by atoms with Crippen molar-refractivity contribution in [2.24, 2.45) is 0 Å². The fourth-order valence-corrected chi connectivity index (χ4v) is 2.73. The van der Waals surface area contributed by atoms with Crippen LogP contribution in [-0.4, -0.2) is 35.9 Å². The molecule has 29 heavy (non-hydrogen) atoms. The van der Waals surface area contributed by atoms with E-state index in [1.54, 1.807) is 24.3 Å². The molecule has 1 saturated heterocycles. The van der Waals surface area contributed by atoms with Crippen LogP contribution in [0, 0.1) is 6.92 Å². The van der Waals surface area contributed by atoms with Gasteiger partial charge in [0, 0.05) is 17.8 Å². The van der Waals surface area contributed by atoms with Gasteiger partial charge in [-0.3, -0.25) is 14.5 Å². The molecule has 1 fully saturated rings. The summed E-state index contributed by atoms with van der Waals surface area (Å²) in [5.41, 5.74) is 2.49. The first-order valence-corrected chi connectivity index (χ1v) is 9.01. The SMILES string of the molecule is C=CCN1C(=O)N/C(=C/c2ccccc2OCC(=O)Nc2ccc(C)cc2)C1=O. The Morgan fingerprint density at radius 3 is 2.62 bits per heavy atom. The van der Waals surface area contributed by atoms with Gasteiger partial charge in [0.25, 0.3) is 11.8 Å². The van der Waals surface area contributed by atoms with Crippen molar-refractivity contribution in [2.75, 3.05) is 18.5 Å². The number of ether oxygens (including phenoxy) is 1. The van der Waals surface area contributed by atoms with E-state index in [1.807, 2.05) is 31.2 Å². The molecule has 0 bridgehead atoms. The summed E-state index contributed by atoms with van der Waals surface area (Å²) in [5, 5.41) is 5.29. The van der Waals surface area contributed by atoms with E-state index < -0.39 is 11.9 Å². The minimum Gasteiger partial charge on any atom is -0.483 e. The van der Waals surface area contributed by atoms with Crippen LogP contribution >= 0.6 is 0 Å². The topological polar surface area (TPSA) is 87.7 Å². The number of carbonyl (C=O) groups is 3. The van der Waals surface area contributed by atoms with Crippen molar-refractivity contribution in [3.8, 4) is 5.75 Å². The molecule has 4 amide bonds. The summed E-state index contributed by atoms with van der Waals surface area (Å²) in [6, 6.07) is 13.9. The number of hydrogen-bond donors (Lipinski definition) is 2. The van der Waals surface area contributed by atoms with Crippen LogP contribution in [-0.2, 0) is 9.59 Å². The Labute approximate surface area is 168 Å². The minimum atomic E-state index is -0.503. The van der Waals surface area contributed by atoms with Gasteiger partial charge in [0.15, 0.2) is 6.61 Å². The fourth-order valence-electron chi connectivity index (χ4n) is 2.73. The number of nitrogens with one attached hydrogen (secondary N) is 2. The van der Waals surface area contributed by atoms with Crippen molar-refractivity contribution in [2.45, 2.75) is 6.92 Å². The first-order valence-electron chi connectivity index (χ1n) is 9.01. The normalized spacial score (nSPS) is 14.7. The molecule has 1 aliphatic heterocycles. The highest BCUT2D eigenvalue weighted by atomic mass is 16.5. The van der Waals surface area contributed by atoms with Crippen LogP contribution in [0.5, 0.6) is 5.75 Å². The van der Waals surface area contributed by atoms with E-state index in [-0.39, 0.29) is 24.8 Å². The molecule has 1 aliphatic rings. The van der Waals surface area contributed by atoms with Gasteiger partial charge in [0.1, 0.15) is 11.4 Å². The van der Waals surface area contributed by atoms with Gasteiger partial charge >= 0.3 is 6.03 Å². The zero-order valence-electron chi connectivity index (χ0n) is 16.0. The number of amides is 4. The summed E-state index contributed by atoms with van der Waals surface area (Å²) >= 11 is 0. The lowest BCUT2D eigenvalue weighted by atomic mass is 10.1. The number of para-hydroxylation sites is 1. The Morgan fingerprint density at radius 1 is 1.17 bits per heavy atom. The third kappa shape index (κ3) is 4.90. The second kappa shape index (κ2) is 8.88. The summed E-state index contributed by atoms with van der Waals surface area (Å²) in [5.74, 6) is -0.330. The lowest BCUT2D eigenvalue weighted by Gasteiger charge is -2.10. The quantitative estimate of drug-likeness (QED) is 0.431. The van der Waals surface area contributed by atoms with Gasteiger partial charge < -0.3 is 15.4 Å². The van der Waals surface area contributed by atoms with Crippen molar-refractivity contribution < 1.29 is 19.1 Å². The highest BCUT2D eigenvalue weighted by molar-refractivity contribution is 6.14. The van der Waals surface area contributed by atoms with Crippen LogP contribution in [0.1, 0.15) is 11.1 Å². The Morgan fingerprint density at radius 2 is 1.90 bits per heavy atom. The van der Waals surface area contributed by atoms with Gasteiger partial charge in [-0.2, -0.15) is 0 Å². The predicted octanol–water partition coefficient (Wildman–Crippen LogP) is 3.09. The number of imide groups is 1. The molecule has 0 aliphatic carbocycles. The smallest absolute Gasteiger partial charge is 0.329 e. The zero-order chi connectivity index (χ0) is 20.8. The maximum atomic E-state index is 12.3. The van der Waals surface area contributed by atoms with Crippen molar-refractivity contribution in [3.05, 3.63) is 78.0 Å². The lowest BCUT2D eigenvalue weighted by Crippen LogP contribution is -2.30. The maximum absolute atomic E-state index is 12.3. The van der Waals surface area contributed by atoms with Crippen LogP contribution in [0.25, 0.3) is 6.08 Å². The Kier molecular flexibility index (Phi) is 6.09. The molecule has 3 rings (SSSR count). The molecule has 7 nitrogen and oxygen atoms in total. The molecule has 0 aromatic heterocycles. The molecular weight excluding hydrogens is 370 g/mol. The van der Waals surface area contributed by atoms with Gasteiger partial charge in [0.2, 0.25) is 0 Å². The Hall–Kier alpha value is -3.87. The molecule has 0 unspecified atom stereocenters. The maximum Gasteiger partial charge on any atom is 0.329 e. The van der Waals surface area contributed by atoms with Crippen molar-refractivity contribution >= 4 is 29.6 Å². The van der Waals surface area contributed by atoms with E-state index in [4.69, 9.17) is 4.74 Å². The average molecular weight is 391 g/mol. The van der Waals surface area contributed by atoms with Gasteiger partial charge in [0.05, 0.1) is 0 Å². The van der Waals surface area contributed by atoms with Gasteiger partial charge in [-0.25, -0.2) is 4.79 Å². The Balaban J connectivity index is 1.68. The number of urea groups is 1. The van der Waals surface area contributed by atoms with Gasteiger partial charge in [-0.15, -0.1) is 6.58 Å². The summed E-state index contributed by atoms with van der Waals surface area (Å²) in [6.07, 6.45) is 3.00. The number of rotatable bonds is 7. The Bertz CT molecular complexity index is 980. The van der Waals surface area contributed by atoms with E-state index in [1.165, 1.54) is 12.2 Å². The van der Waals surface area contributed by atoms with E-state index in [0.717, 1.165) is 10.5 Å². The third-order valence-electron chi connectivity index (χ3n) is 4.19. The van der Waals surface area contributed by atoms with E-state index in [0.29, 0.717) is 17.0 Å². The molecule has 2 N–H and O–H groups in total. The van der Waals surface area contributed by atoms with Crippen molar-refractivity contribution in [1.29, 1.82) is 0 Å². The molecule has 1 heterocycles. The van der Waals surface area contributed by atoms with Crippen LogP contribution in [0.15, 0.2) is 66.9 Å². The number of nitrogens with zero attached hydrogens (tertiary/aromatic N) is 1. The molecule has 0 saturated carbocycles. The number of anilines is 1. The molecular formula is C22H21N3O4. The molecule has 0 radical (unpaired) electrons. The van der Waals surface area contributed by atoms with Crippen LogP contribution in [0.2, 0.25) is 0 Å². The molecule has 7 heteroatoms. The number of hydrogen-bond acceptors (Lipinski definition) is 4. The van der Waals surface area contributed by atoms with Crippen molar-refractivity contribution in [1.82, 2.24) is 10.2 Å². The summed E-state index contributed by atoms with van der Waals surface area (Å²) in [4.78, 5) is 37.4. The monoisotopic (exact) mass is 391 g/mol. The third-order valence-corrected chi connectivity index (χ3v) is 4.19. The molecule has 148 valence electrons. The summed E-state index contributed by atoms with van der Waals surface area (Å²) in [7, 11) is 0. The number of benzene rings is 2. The van der Waals surface area contributed by atoms with E-state index in [9.17, 15) is 14.4 Å².